The van der Waals surface area contributed by atoms with Crippen LogP contribution in [0.5, 0.6) is 0 Å². The summed E-state index contributed by atoms with van der Waals surface area (Å²) in [5, 5.41) is 3.78. The molecule has 1 N–H and O–H groups in total. The van der Waals surface area contributed by atoms with E-state index in [2.05, 4.69) is 31.3 Å². The van der Waals surface area contributed by atoms with E-state index < -0.39 is 0 Å². The number of likely N-dealkylation sites (N-methyl/N-ethyl adjacent to an activating group) is 1. The average Bonchev–Trinajstić information content (AvgIpc) is 2.99. The Morgan fingerprint density at radius 2 is 1.84 bits per heavy atom. The summed E-state index contributed by atoms with van der Waals surface area (Å²) < 4.78 is 0. The lowest BCUT2D eigenvalue weighted by Crippen LogP contribution is -2.33. The van der Waals surface area contributed by atoms with Crippen molar-refractivity contribution < 1.29 is 0 Å². The van der Waals surface area contributed by atoms with E-state index in [0.717, 1.165) is 30.3 Å². The zero-order valence-electron chi connectivity index (χ0n) is 12.3. The maximum Gasteiger partial charge on any atom is 0.0149 e. The summed E-state index contributed by atoms with van der Waals surface area (Å²) in [5.74, 6) is 3.10. The van der Waals surface area contributed by atoms with Gasteiger partial charge in [0.1, 0.15) is 0 Å². The minimum atomic E-state index is 0.737. The molecule has 0 radical (unpaired) electrons. The lowest BCUT2D eigenvalue weighted by molar-refractivity contribution is 0.440. The predicted molar refractivity (Wildman–Crippen MR) is 83.8 cm³/mol. The lowest BCUT2D eigenvalue weighted by Gasteiger charge is -2.17. The summed E-state index contributed by atoms with van der Waals surface area (Å²) in [6.45, 7) is 5.63. The maximum absolute atomic E-state index is 3.78. The van der Waals surface area contributed by atoms with E-state index in [1.807, 2.05) is 11.3 Å². The van der Waals surface area contributed by atoms with Crippen LogP contribution in [0.4, 0.5) is 0 Å². The molecule has 2 saturated carbocycles. The first-order valence-electron chi connectivity index (χ1n) is 8.14. The summed E-state index contributed by atoms with van der Waals surface area (Å²) in [4.78, 5) is 3.13. The fourth-order valence-electron chi connectivity index (χ4n) is 4.19. The number of nitrogens with one attached hydrogen (secondary N) is 1. The van der Waals surface area contributed by atoms with E-state index in [1.54, 1.807) is 9.75 Å². The van der Waals surface area contributed by atoms with Crippen LogP contribution < -0.4 is 5.32 Å². The highest BCUT2D eigenvalue weighted by Crippen LogP contribution is 2.57. The summed E-state index contributed by atoms with van der Waals surface area (Å²) in [6.07, 6.45) is 8.41. The Balaban J connectivity index is 1.64. The van der Waals surface area contributed by atoms with Crippen LogP contribution in [0.1, 0.15) is 49.3 Å². The van der Waals surface area contributed by atoms with Crippen LogP contribution in [0.15, 0.2) is 12.1 Å². The summed E-state index contributed by atoms with van der Waals surface area (Å²) in [6, 6.07) is 5.42. The fourth-order valence-corrected chi connectivity index (χ4v) is 5.21. The third-order valence-corrected chi connectivity index (χ3v) is 6.39. The molecule has 19 heavy (non-hydrogen) atoms. The van der Waals surface area contributed by atoms with Crippen molar-refractivity contribution in [2.24, 2.45) is 17.8 Å². The topological polar surface area (TPSA) is 12.0 Å². The molecular formula is C17H27NS. The molecule has 0 amide bonds. The molecule has 3 rings (SSSR count). The Kier molecular flexibility index (Phi) is 4.28. The molecule has 0 aromatic carbocycles. The van der Waals surface area contributed by atoms with Crippen molar-refractivity contribution in [1.29, 1.82) is 0 Å². The van der Waals surface area contributed by atoms with Gasteiger partial charge in [0.15, 0.2) is 0 Å². The highest BCUT2D eigenvalue weighted by molar-refractivity contribution is 7.11. The van der Waals surface area contributed by atoms with Crippen molar-refractivity contribution in [3.05, 3.63) is 21.9 Å². The zero-order chi connectivity index (χ0) is 13.2. The van der Waals surface area contributed by atoms with E-state index in [0.29, 0.717) is 0 Å². The van der Waals surface area contributed by atoms with Gasteiger partial charge in [0, 0.05) is 15.8 Å². The summed E-state index contributed by atoms with van der Waals surface area (Å²) >= 11 is 2.03. The normalized spacial score (nSPS) is 30.9. The Bertz CT molecular complexity index is 399. The van der Waals surface area contributed by atoms with Crippen molar-refractivity contribution in [3.8, 4) is 0 Å². The fraction of sp³-hybridized carbons (Fsp3) is 0.765. The molecule has 0 bridgehead atoms. The van der Waals surface area contributed by atoms with Gasteiger partial charge in [-0.1, -0.05) is 26.7 Å². The van der Waals surface area contributed by atoms with Crippen molar-refractivity contribution in [2.45, 2.75) is 58.4 Å². The standard InChI is InChI=1S/C17H27NS/c1-3-12-9-10-13(19-12)11-16(18-4-2)17-14-7-5-6-8-15(14)17/h9-10,14-18H,3-8,11H2,1-2H3. The molecule has 1 heterocycles. The number of thiophene rings is 1. The van der Waals surface area contributed by atoms with Crippen LogP contribution >= 0.6 is 11.3 Å². The van der Waals surface area contributed by atoms with Gasteiger partial charge < -0.3 is 5.32 Å². The van der Waals surface area contributed by atoms with Gasteiger partial charge in [-0.25, -0.2) is 0 Å². The van der Waals surface area contributed by atoms with Gasteiger partial charge in [-0.2, -0.15) is 0 Å². The number of hydrogen-bond acceptors (Lipinski definition) is 2. The first kappa shape index (κ1) is 13.6. The highest BCUT2D eigenvalue weighted by Gasteiger charge is 2.53. The van der Waals surface area contributed by atoms with Gasteiger partial charge in [0.25, 0.3) is 0 Å². The molecule has 3 atom stereocenters. The molecule has 106 valence electrons. The monoisotopic (exact) mass is 277 g/mol. The second-order valence-electron chi connectivity index (χ2n) is 6.28. The van der Waals surface area contributed by atoms with Gasteiger partial charge >= 0.3 is 0 Å². The molecule has 2 heteroatoms. The maximum atomic E-state index is 3.78. The third kappa shape index (κ3) is 2.90. The van der Waals surface area contributed by atoms with E-state index in [1.165, 1.54) is 38.5 Å². The van der Waals surface area contributed by atoms with E-state index in [9.17, 15) is 0 Å². The van der Waals surface area contributed by atoms with E-state index in [-0.39, 0.29) is 0 Å². The van der Waals surface area contributed by atoms with Crippen molar-refractivity contribution >= 4 is 11.3 Å². The van der Waals surface area contributed by atoms with Gasteiger partial charge in [-0.05, 0) is 62.1 Å². The first-order chi connectivity index (χ1) is 9.33. The van der Waals surface area contributed by atoms with Crippen LogP contribution in [-0.2, 0) is 12.8 Å². The van der Waals surface area contributed by atoms with Crippen molar-refractivity contribution in [1.82, 2.24) is 5.32 Å². The summed E-state index contributed by atoms with van der Waals surface area (Å²) in [5.41, 5.74) is 0. The number of hydrogen-bond donors (Lipinski definition) is 1. The van der Waals surface area contributed by atoms with Crippen LogP contribution in [0.3, 0.4) is 0 Å². The van der Waals surface area contributed by atoms with Gasteiger partial charge in [-0.15, -0.1) is 11.3 Å². The molecule has 1 aromatic rings. The zero-order valence-corrected chi connectivity index (χ0v) is 13.1. The number of fused-ring (bicyclic) bond motifs is 1. The largest absolute Gasteiger partial charge is 0.314 e. The highest BCUT2D eigenvalue weighted by atomic mass is 32.1. The lowest BCUT2D eigenvalue weighted by atomic mass is 10.0. The molecule has 0 aliphatic heterocycles. The van der Waals surface area contributed by atoms with E-state index in [4.69, 9.17) is 0 Å². The third-order valence-electron chi connectivity index (χ3n) is 5.14. The van der Waals surface area contributed by atoms with Crippen LogP contribution in [0, 0.1) is 17.8 Å². The second-order valence-corrected chi connectivity index (χ2v) is 7.53. The second kappa shape index (κ2) is 5.97. The minimum Gasteiger partial charge on any atom is -0.314 e. The van der Waals surface area contributed by atoms with Crippen LogP contribution in [0.2, 0.25) is 0 Å². The SMILES string of the molecule is CCNC(Cc1ccc(CC)s1)C1C2CCCCC21. The minimum absolute atomic E-state index is 0.737. The molecule has 2 aliphatic carbocycles. The van der Waals surface area contributed by atoms with Gasteiger partial charge in [0.2, 0.25) is 0 Å². The van der Waals surface area contributed by atoms with Crippen LogP contribution in [0.25, 0.3) is 0 Å². The molecule has 0 saturated heterocycles. The van der Waals surface area contributed by atoms with Gasteiger partial charge in [0.05, 0.1) is 0 Å². The van der Waals surface area contributed by atoms with E-state index >= 15 is 0 Å². The Morgan fingerprint density at radius 1 is 1.16 bits per heavy atom. The average molecular weight is 277 g/mol. The Morgan fingerprint density at radius 3 is 2.42 bits per heavy atom. The Hall–Kier alpha value is -0.340. The predicted octanol–water partition coefficient (Wildman–Crippen LogP) is 4.27. The Labute approximate surface area is 121 Å². The molecule has 2 fully saturated rings. The van der Waals surface area contributed by atoms with Crippen molar-refractivity contribution in [3.63, 3.8) is 0 Å². The molecular weight excluding hydrogens is 250 g/mol. The molecule has 2 aliphatic rings. The first-order valence-corrected chi connectivity index (χ1v) is 8.96. The quantitative estimate of drug-likeness (QED) is 0.819. The van der Waals surface area contributed by atoms with Gasteiger partial charge in [-0.3, -0.25) is 0 Å². The van der Waals surface area contributed by atoms with Crippen LogP contribution in [-0.4, -0.2) is 12.6 Å². The number of rotatable bonds is 6. The number of aryl methyl sites for hydroxylation is 1. The molecule has 3 unspecified atom stereocenters. The molecule has 1 nitrogen and oxygen atoms in total. The van der Waals surface area contributed by atoms with Crippen molar-refractivity contribution in [2.75, 3.05) is 6.54 Å². The smallest absolute Gasteiger partial charge is 0.0149 e. The molecule has 1 aromatic heterocycles. The molecule has 0 spiro atoms. The summed E-state index contributed by atoms with van der Waals surface area (Å²) in [7, 11) is 0.